The molecule has 0 radical (unpaired) electrons. The van der Waals surface area contributed by atoms with Crippen LogP contribution >= 0.6 is 11.8 Å². The van der Waals surface area contributed by atoms with E-state index in [0.717, 1.165) is 16.1 Å². The van der Waals surface area contributed by atoms with Crippen molar-refractivity contribution in [2.75, 3.05) is 11.5 Å². The van der Waals surface area contributed by atoms with Gasteiger partial charge in [0, 0.05) is 22.7 Å². The summed E-state index contributed by atoms with van der Waals surface area (Å²) in [5, 5.41) is 0. The minimum atomic E-state index is 0.163. The molecule has 0 saturated carbocycles. The topological polar surface area (TPSA) is 46.3 Å². The van der Waals surface area contributed by atoms with E-state index in [2.05, 4.69) is 0 Å². The van der Waals surface area contributed by atoms with E-state index < -0.39 is 0 Å². The first-order valence-corrected chi connectivity index (χ1v) is 7.62. The van der Waals surface area contributed by atoms with Crippen molar-refractivity contribution in [2.45, 2.75) is 51.6 Å². The molecule has 19 heavy (non-hydrogen) atoms. The largest absolute Gasteiger partial charge is 0.398 e. The number of nitrogens with two attached hydrogens (primary N) is 1. The summed E-state index contributed by atoms with van der Waals surface area (Å²) in [6, 6.07) is 6.37. The van der Waals surface area contributed by atoms with Gasteiger partial charge in [0.25, 0.3) is 0 Å². The molecule has 106 valence electrons. The first kappa shape index (κ1) is 15.9. The van der Waals surface area contributed by atoms with Crippen molar-refractivity contribution in [3.8, 4) is 0 Å². The Hall–Kier alpha value is -1.16. The van der Waals surface area contributed by atoms with Crippen LogP contribution in [0.1, 0.15) is 33.3 Å². The van der Waals surface area contributed by atoms with Crippen LogP contribution in [0.4, 0.5) is 5.69 Å². The molecule has 1 aromatic carbocycles. The van der Waals surface area contributed by atoms with Crippen LogP contribution in [0.3, 0.4) is 0 Å². The highest BCUT2D eigenvalue weighted by atomic mass is 32.2. The van der Waals surface area contributed by atoms with Crippen LogP contribution in [0.15, 0.2) is 23.1 Å². The van der Waals surface area contributed by atoms with E-state index in [1.807, 2.05) is 57.7 Å². The lowest BCUT2D eigenvalue weighted by Crippen LogP contribution is -2.43. The van der Waals surface area contributed by atoms with Crippen molar-refractivity contribution in [3.63, 3.8) is 0 Å². The van der Waals surface area contributed by atoms with Crippen LogP contribution in [0.2, 0.25) is 0 Å². The van der Waals surface area contributed by atoms with Crippen LogP contribution < -0.4 is 5.73 Å². The summed E-state index contributed by atoms with van der Waals surface area (Å²) in [6.07, 6.45) is 0. The number of carbonyl (C=O) groups excluding carboxylic acids is 1. The molecular formula is C15H24N2OS. The Bertz CT molecular complexity index is 436. The molecule has 3 nitrogen and oxygen atoms in total. The molecule has 1 rings (SSSR count). The molecule has 0 heterocycles. The summed E-state index contributed by atoms with van der Waals surface area (Å²) in [5.74, 6) is 0.597. The number of benzene rings is 1. The van der Waals surface area contributed by atoms with Crippen molar-refractivity contribution in [1.29, 1.82) is 0 Å². The van der Waals surface area contributed by atoms with Gasteiger partial charge in [-0.15, -0.1) is 11.8 Å². The maximum absolute atomic E-state index is 12.3. The Kier molecular flexibility index (Phi) is 5.73. The van der Waals surface area contributed by atoms with Gasteiger partial charge in [0.1, 0.15) is 0 Å². The molecule has 1 amide bonds. The molecular weight excluding hydrogens is 256 g/mol. The third kappa shape index (κ3) is 4.16. The van der Waals surface area contributed by atoms with Gasteiger partial charge in [0.15, 0.2) is 0 Å². The van der Waals surface area contributed by atoms with Crippen molar-refractivity contribution in [2.24, 2.45) is 0 Å². The van der Waals surface area contributed by atoms with E-state index in [1.54, 1.807) is 0 Å². The second kappa shape index (κ2) is 6.85. The molecule has 0 saturated heterocycles. The van der Waals surface area contributed by atoms with Gasteiger partial charge in [-0.25, -0.2) is 0 Å². The van der Waals surface area contributed by atoms with Crippen molar-refractivity contribution < 1.29 is 4.79 Å². The second-order valence-corrected chi connectivity index (χ2v) is 6.28. The zero-order valence-corrected chi connectivity index (χ0v) is 13.3. The number of hydrogen-bond donors (Lipinski definition) is 1. The lowest BCUT2D eigenvalue weighted by molar-refractivity contribution is -0.131. The Balaban J connectivity index is 2.70. The number of nitrogen functional groups attached to an aromatic ring is 1. The van der Waals surface area contributed by atoms with E-state index in [4.69, 9.17) is 5.73 Å². The summed E-state index contributed by atoms with van der Waals surface area (Å²) in [5.41, 5.74) is 7.85. The van der Waals surface area contributed by atoms with Gasteiger partial charge in [-0.1, -0.05) is 12.1 Å². The van der Waals surface area contributed by atoms with Crippen molar-refractivity contribution in [1.82, 2.24) is 4.90 Å². The number of thioether (sulfide) groups is 1. The summed E-state index contributed by atoms with van der Waals surface area (Å²) in [4.78, 5) is 15.2. The number of nitrogens with zero attached hydrogens (tertiary/aromatic N) is 1. The van der Waals surface area contributed by atoms with Crippen LogP contribution in [0, 0.1) is 6.92 Å². The highest BCUT2D eigenvalue weighted by Gasteiger charge is 2.20. The molecule has 0 aromatic heterocycles. The molecule has 0 bridgehead atoms. The van der Waals surface area contributed by atoms with E-state index >= 15 is 0 Å². The van der Waals surface area contributed by atoms with Crippen LogP contribution in [-0.4, -0.2) is 28.6 Å². The Morgan fingerprint density at radius 2 is 1.84 bits per heavy atom. The average Bonchev–Trinajstić information content (AvgIpc) is 2.30. The minimum Gasteiger partial charge on any atom is -0.398 e. The molecule has 1 aromatic rings. The standard InChI is InChI=1S/C15H24N2OS/c1-10(2)17(11(3)4)14(18)9-19-13-8-6-7-12(5)15(13)16/h6-8,10-11H,9,16H2,1-5H3. The molecule has 4 heteroatoms. The van der Waals surface area contributed by atoms with Gasteiger partial charge in [-0.3, -0.25) is 4.79 Å². The fourth-order valence-electron chi connectivity index (χ4n) is 2.17. The first-order chi connectivity index (χ1) is 8.84. The van der Waals surface area contributed by atoms with Gasteiger partial charge >= 0.3 is 0 Å². The van der Waals surface area contributed by atoms with Crippen molar-refractivity contribution in [3.05, 3.63) is 23.8 Å². The normalized spacial score (nSPS) is 11.1. The van der Waals surface area contributed by atoms with Crippen LogP contribution in [0.25, 0.3) is 0 Å². The summed E-state index contributed by atoms with van der Waals surface area (Å²) >= 11 is 1.52. The zero-order chi connectivity index (χ0) is 14.6. The van der Waals surface area contributed by atoms with Gasteiger partial charge in [-0.2, -0.15) is 0 Å². The van der Waals surface area contributed by atoms with E-state index in [0.29, 0.717) is 5.75 Å². The first-order valence-electron chi connectivity index (χ1n) is 6.63. The summed E-state index contributed by atoms with van der Waals surface area (Å²) in [6.45, 7) is 10.2. The fourth-order valence-corrected chi connectivity index (χ4v) is 3.09. The van der Waals surface area contributed by atoms with Gasteiger partial charge in [-0.05, 0) is 46.2 Å². The third-order valence-electron chi connectivity index (χ3n) is 3.04. The molecule has 0 spiro atoms. The lowest BCUT2D eigenvalue weighted by atomic mass is 10.2. The van der Waals surface area contributed by atoms with Crippen LogP contribution in [0.5, 0.6) is 0 Å². The quantitative estimate of drug-likeness (QED) is 0.665. The van der Waals surface area contributed by atoms with Crippen LogP contribution in [-0.2, 0) is 4.79 Å². The van der Waals surface area contributed by atoms with E-state index in [1.165, 1.54) is 11.8 Å². The monoisotopic (exact) mass is 280 g/mol. The molecule has 2 N–H and O–H groups in total. The smallest absolute Gasteiger partial charge is 0.233 e. The maximum atomic E-state index is 12.3. The zero-order valence-electron chi connectivity index (χ0n) is 12.4. The van der Waals surface area contributed by atoms with Crippen molar-refractivity contribution >= 4 is 23.4 Å². The number of amides is 1. The van der Waals surface area contributed by atoms with Gasteiger partial charge in [0.05, 0.1) is 5.75 Å². The molecule has 0 unspecified atom stereocenters. The number of carbonyl (C=O) groups is 1. The Labute approximate surface area is 120 Å². The van der Waals surface area contributed by atoms with Gasteiger partial charge in [0.2, 0.25) is 5.91 Å². The Morgan fingerprint density at radius 3 is 2.37 bits per heavy atom. The molecule has 0 atom stereocenters. The van der Waals surface area contributed by atoms with E-state index in [9.17, 15) is 4.79 Å². The highest BCUT2D eigenvalue weighted by Crippen LogP contribution is 2.27. The van der Waals surface area contributed by atoms with Gasteiger partial charge < -0.3 is 10.6 Å². The second-order valence-electron chi connectivity index (χ2n) is 5.26. The number of aryl methyl sites for hydroxylation is 1. The number of rotatable bonds is 5. The summed E-state index contributed by atoms with van der Waals surface area (Å²) in [7, 11) is 0. The minimum absolute atomic E-state index is 0.163. The third-order valence-corrected chi connectivity index (χ3v) is 4.09. The SMILES string of the molecule is Cc1cccc(SCC(=O)N(C(C)C)C(C)C)c1N. The predicted octanol–water partition coefficient (Wildman–Crippen LogP) is 3.31. The molecule has 0 aliphatic rings. The number of hydrogen-bond acceptors (Lipinski definition) is 3. The fraction of sp³-hybridized carbons (Fsp3) is 0.533. The molecule has 0 aliphatic carbocycles. The highest BCUT2D eigenvalue weighted by molar-refractivity contribution is 8.00. The molecule has 0 fully saturated rings. The molecule has 0 aliphatic heterocycles. The predicted molar refractivity (Wildman–Crippen MR) is 83.4 cm³/mol. The van der Waals surface area contributed by atoms with E-state index in [-0.39, 0.29) is 18.0 Å². The average molecular weight is 280 g/mol. The Morgan fingerprint density at radius 1 is 1.26 bits per heavy atom. The maximum Gasteiger partial charge on any atom is 0.233 e. The number of anilines is 1. The number of para-hydroxylation sites is 1. The lowest BCUT2D eigenvalue weighted by Gasteiger charge is -2.30. The summed E-state index contributed by atoms with van der Waals surface area (Å²) < 4.78 is 0.